The van der Waals surface area contributed by atoms with Crippen molar-refractivity contribution < 1.29 is 19.4 Å². The van der Waals surface area contributed by atoms with Crippen LogP contribution in [0.25, 0.3) is 5.76 Å². The van der Waals surface area contributed by atoms with Crippen molar-refractivity contribution in [1.29, 1.82) is 0 Å². The van der Waals surface area contributed by atoms with Gasteiger partial charge in [0.1, 0.15) is 17.6 Å². The van der Waals surface area contributed by atoms with Crippen LogP contribution in [0.2, 0.25) is 5.02 Å². The van der Waals surface area contributed by atoms with E-state index >= 15 is 0 Å². The van der Waals surface area contributed by atoms with Gasteiger partial charge >= 0.3 is 0 Å². The fourth-order valence-corrected chi connectivity index (χ4v) is 5.21. The van der Waals surface area contributed by atoms with Crippen molar-refractivity contribution in [2.45, 2.75) is 26.8 Å². The molecule has 0 radical (unpaired) electrons. The molecule has 7 heteroatoms. The van der Waals surface area contributed by atoms with E-state index in [9.17, 15) is 14.7 Å². The second-order valence-electron chi connectivity index (χ2n) is 7.80. The third-order valence-electron chi connectivity index (χ3n) is 5.53. The van der Waals surface area contributed by atoms with E-state index in [1.165, 1.54) is 23.3 Å². The number of halogens is 1. The highest BCUT2D eigenvalue weighted by Crippen LogP contribution is 2.46. The number of ketones is 1. The molecule has 1 saturated heterocycles. The van der Waals surface area contributed by atoms with Crippen LogP contribution in [-0.4, -0.2) is 23.9 Å². The van der Waals surface area contributed by atoms with E-state index in [1.54, 1.807) is 12.1 Å². The fourth-order valence-electron chi connectivity index (χ4n) is 4.03. The van der Waals surface area contributed by atoms with Crippen molar-refractivity contribution in [1.82, 2.24) is 0 Å². The molecular weight excluding hydrogens is 446 g/mol. The normalized spacial score (nSPS) is 17.8. The summed E-state index contributed by atoms with van der Waals surface area (Å²) >= 11 is 7.75. The average Bonchev–Trinajstić information content (AvgIpc) is 3.36. The summed E-state index contributed by atoms with van der Waals surface area (Å²) in [6.07, 6.45) is 0. The average molecular weight is 468 g/mol. The van der Waals surface area contributed by atoms with Gasteiger partial charge in [-0.05, 0) is 67.1 Å². The molecule has 1 atom stereocenters. The van der Waals surface area contributed by atoms with Crippen LogP contribution in [0.1, 0.15) is 33.2 Å². The maximum Gasteiger partial charge on any atom is 0.300 e. The zero-order valence-electron chi connectivity index (χ0n) is 18.1. The van der Waals surface area contributed by atoms with Gasteiger partial charge in [0.15, 0.2) is 0 Å². The lowest BCUT2D eigenvalue weighted by Crippen LogP contribution is -2.29. The molecule has 1 N–H and O–H groups in total. The summed E-state index contributed by atoms with van der Waals surface area (Å²) in [4.78, 5) is 28.8. The summed E-state index contributed by atoms with van der Waals surface area (Å²) < 4.78 is 5.41. The molecular formula is C25H22ClNO4S. The van der Waals surface area contributed by atoms with Crippen LogP contribution in [0.15, 0.2) is 53.4 Å². The lowest BCUT2D eigenvalue weighted by Gasteiger charge is -2.26. The number of carbonyl (C=O) groups is 2. The maximum atomic E-state index is 13.3. The number of hydrogen-bond acceptors (Lipinski definition) is 5. The standard InChI is InChI=1S/C25H22ClNO4S/c1-13-7-8-15(3)18(12-13)27-21(19-6-5-9-32-19)20(23(29)25(27)30)22(28)16-10-14(2)11-17(26)24(16)31-4/h5-12,21,28H,1-4H3/b22-20-. The molecule has 1 amide bonds. The van der Waals surface area contributed by atoms with Crippen LogP contribution in [0.5, 0.6) is 5.75 Å². The molecule has 3 aromatic rings. The van der Waals surface area contributed by atoms with Gasteiger partial charge in [-0.3, -0.25) is 14.5 Å². The Morgan fingerprint density at radius 1 is 1.09 bits per heavy atom. The Kier molecular flexibility index (Phi) is 5.84. The van der Waals surface area contributed by atoms with E-state index in [0.29, 0.717) is 10.7 Å². The highest BCUT2D eigenvalue weighted by Gasteiger charge is 2.48. The van der Waals surface area contributed by atoms with Crippen LogP contribution >= 0.6 is 22.9 Å². The van der Waals surface area contributed by atoms with Gasteiger partial charge in [-0.2, -0.15) is 0 Å². The number of benzene rings is 2. The highest BCUT2D eigenvalue weighted by molar-refractivity contribution is 7.10. The first-order chi connectivity index (χ1) is 15.2. The van der Waals surface area contributed by atoms with Crippen LogP contribution in [-0.2, 0) is 9.59 Å². The third-order valence-corrected chi connectivity index (χ3v) is 6.73. The number of aliphatic hydroxyl groups excluding tert-OH is 1. The molecule has 0 bridgehead atoms. The number of amides is 1. The summed E-state index contributed by atoms with van der Waals surface area (Å²) in [6.45, 7) is 5.65. The number of Topliss-reactive ketones (excluding diaryl/α,β-unsaturated/α-hetero) is 1. The number of methoxy groups -OCH3 is 1. The van der Waals surface area contributed by atoms with Crippen molar-refractivity contribution in [2.24, 2.45) is 0 Å². The monoisotopic (exact) mass is 467 g/mol. The molecule has 2 aromatic carbocycles. The van der Waals surface area contributed by atoms with Gasteiger partial charge in [0.2, 0.25) is 0 Å². The van der Waals surface area contributed by atoms with Crippen LogP contribution in [0.4, 0.5) is 5.69 Å². The Morgan fingerprint density at radius 3 is 2.50 bits per heavy atom. The Balaban J connectivity index is 2.01. The molecule has 4 rings (SSSR count). The Bertz CT molecular complexity index is 1260. The first-order valence-electron chi connectivity index (χ1n) is 10.0. The maximum absolute atomic E-state index is 13.3. The Hall–Kier alpha value is -3.09. The zero-order valence-corrected chi connectivity index (χ0v) is 19.7. The second kappa shape index (κ2) is 8.45. The molecule has 0 saturated carbocycles. The fraction of sp³-hybridized carbons (Fsp3) is 0.200. The third kappa shape index (κ3) is 3.59. The minimum absolute atomic E-state index is 0.0123. The Morgan fingerprint density at radius 2 is 1.84 bits per heavy atom. The van der Waals surface area contributed by atoms with Crippen molar-refractivity contribution in [2.75, 3.05) is 12.0 Å². The van der Waals surface area contributed by atoms with E-state index in [0.717, 1.165) is 21.6 Å². The van der Waals surface area contributed by atoms with Gasteiger partial charge in [0.05, 0.1) is 23.3 Å². The highest BCUT2D eigenvalue weighted by atomic mass is 35.5. The van der Waals surface area contributed by atoms with Gasteiger partial charge < -0.3 is 9.84 Å². The smallest absolute Gasteiger partial charge is 0.300 e. The van der Waals surface area contributed by atoms with Crippen LogP contribution in [0, 0.1) is 20.8 Å². The molecule has 1 aliphatic heterocycles. The van der Waals surface area contributed by atoms with Crippen LogP contribution in [0.3, 0.4) is 0 Å². The molecule has 2 heterocycles. The minimum Gasteiger partial charge on any atom is -0.507 e. The van der Waals surface area contributed by atoms with Crippen molar-refractivity contribution in [3.8, 4) is 5.75 Å². The van der Waals surface area contributed by atoms with Gasteiger partial charge in [-0.25, -0.2) is 0 Å². The number of nitrogens with zero attached hydrogens (tertiary/aromatic N) is 1. The molecule has 1 aliphatic rings. The first-order valence-corrected chi connectivity index (χ1v) is 11.3. The Labute approximate surface area is 195 Å². The number of carbonyl (C=O) groups excluding carboxylic acids is 2. The lowest BCUT2D eigenvalue weighted by molar-refractivity contribution is -0.132. The largest absolute Gasteiger partial charge is 0.507 e. The summed E-state index contributed by atoms with van der Waals surface area (Å²) in [6, 6.07) is 12.1. The number of thiophene rings is 1. The van der Waals surface area contributed by atoms with Gasteiger partial charge in [-0.1, -0.05) is 29.8 Å². The number of rotatable bonds is 4. The number of aryl methyl sites for hydroxylation is 3. The molecule has 1 aromatic heterocycles. The molecule has 32 heavy (non-hydrogen) atoms. The first kappa shape index (κ1) is 22.1. The van der Waals surface area contributed by atoms with Crippen molar-refractivity contribution >= 4 is 46.1 Å². The summed E-state index contributed by atoms with van der Waals surface area (Å²) in [5.74, 6) is -1.49. The zero-order chi connectivity index (χ0) is 23.2. The summed E-state index contributed by atoms with van der Waals surface area (Å²) in [5.41, 5.74) is 3.53. The van der Waals surface area contributed by atoms with E-state index < -0.39 is 17.7 Å². The molecule has 164 valence electrons. The number of aliphatic hydroxyl groups is 1. The molecule has 0 aliphatic carbocycles. The molecule has 0 spiro atoms. The predicted molar refractivity (Wildman–Crippen MR) is 128 cm³/mol. The lowest BCUT2D eigenvalue weighted by atomic mass is 9.98. The topological polar surface area (TPSA) is 66.8 Å². The quantitative estimate of drug-likeness (QED) is 0.292. The van der Waals surface area contributed by atoms with Crippen LogP contribution < -0.4 is 9.64 Å². The van der Waals surface area contributed by atoms with Crippen molar-refractivity contribution in [3.63, 3.8) is 0 Å². The number of anilines is 1. The van der Waals surface area contributed by atoms with E-state index in [-0.39, 0.29) is 22.6 Å². The van der Waals surface area contributed by atoms with Gasteiger partial charge in [-0.15, -0.1) is 11.3 Å². The van der Waals surface area contributed by atoms with Crippen molar-refractivity contribution in [3.05, 3.63) is 85.6 Å². The van der Waals surface area contributed by atoms with E-state index in [1.807, 2.05) is 56.5 Å². The minimum atomic E-state index is -0.764. The molecule has 1 unspecified atom stereocenters. The summed E-state index contributed by atoms with van der Waals surface area (Å²) in [5, 5.41) is 13.6. The molecule has 5 nitrogen and oxygen atoms in total. The van der Waals surface area contributed by atoms with E-state index in [4.69, 9.17) is 16.3 Å². The summed E-state index contributed by atoms with van der Waals surface area (Å²) in [7, 11) is 1.44. The second-order valence-corrected chi connectivity index (χ2v) is 9.19. The number of hydrogen-bond donors (Lipinski definition) is 1. The SMILES string of the molecule is COc1c(Cl)cc(C)cc1/C(O)=C1/C(=O)C(=O)N(c2cc(C)ccc2C)C1c1cccs1. The van der Waals surface area contributed by atoms with Gasteiger partial charge in [0.25, 0.3) is 11.7 Å². The predicted octanol–water partition coefficient (Wildman–Crippen LogP) is 5.96. The van der Waals surface area contributed by atoms with Gasteiger partial charge in [0, 0.05) is 10.6 Å². The number of ether oxygens (including phenoxy) is 1. The van der Waals surface area contributed by atoms with E-state index in [2.05, 4.69) is 0 Å². The molecule has 1 fully saturated rings.